The minimum absolute atomic E-state index is 0.0200. The van der Waals surface area contributed by atoms with Crippen LogP contribution in [0.4, 0.5) is 21.9 Å². The van der Waals surface area contributed by atoms with Crippen molar-refractivity contribution in [3.05, 3.63) is 96.6 Å². The van der Waals surface area contributed by atoms with E-state index in [9.17, 15) is 4.79 Å². The Labute approximate surface area is 207 Å². The maximum atomic E-state index is 12.9. The summed E-state index contributed by atoms with van der Waals surface area (Å²) in [5.41, 5.74) is 5.24. The number of amides is 1. The van der Waals surface area contributed by atoms with Crippen molar-refractivity contribution < 1.29 is 14.3 Å². The fourth-order valence-corrected chi connectivity index (χ4v) is 4.84. The third-order valence-electron chi connectivity index (χ3n) is 6.33. The van der Waals surface area contributed by atoms with Crippen LogP contribution in [0.5, 0.6) is 0 Å². The van der Waals surface area contributed by atoms with E-state index in [-0.39, 0.29) is 18.2 Å². The summed E-state index contributed by atoms with van der Waals surface area (Å²) in [6, 6.07) is 29.4. The Morgan fingerprint density at radius 3 is 1.97 bits per heavy atom. The molecule has 35 heavy (non-hydrogen) atoms. The quantitative estimate of drug-likeness (QED) is 0.416. The standard InChI is InChI=1S/C30H32N2O3/c1-30(2,3)35-29(33)32-27-18-23(19-28(32)21-34-20-27)22-14-16-26(17-15-22)31(24-10-6-4-7-11-24)25-12-8-5-9-13-25/h4-18,27-28H,19-21H2,1-3H3. The molecule has 3 aromatic carbocycles. The van der Waals surface area contributed by atoms with Crippen LogP contribution in [0.2, 0.25) is 0 Å². The highest BCUT2D eigenvalue weighted by atomic mass is 16.6. The summed E-state index contributed by atoms with van der Waals surface area (Å²) in [5, 5.41) is 0. The van der Waals surface area contributed by atoms with Crippen LogP contribution in [0.3, 0.4) is 0 Å². The van der Waals surface area contributed by atoms with Gasteiger partial charge in [0, 0.05) is 17.1 Å². The third-order valence-corrected chi connectivity index (χ3v) is 6.33. The molecule has 5 nitrogen and oxygen atoms in total. The molecule has 5 heteroatoms. The summed E-state index contributed by atoms with van der Waals surface area (Å²) >= 11 is 0. The van der Waals surface area contributed by atoms with E-state index in [1.165, 1.54) is 11.1 Å². The van der Waals surface area contributed by atoms with Gasteiger partial charge in [-0.25, -0.2) is 4.79 Å². The van der Waals surface area contributed by atoms with Crippen LogP contribution in [-0.4, -0.2) is 41.9 Å². The molecule has 1 amide bonds. The van der Waals surface area contributed by atoms with E-state index >= 15 is 0 Å². The maximum Gasteiger partial charge on any atom is 0.411 e. The van der Waals surface area contributed by atoms with Crippen molar-refractivity contribution in [2.24, 2.45) is 0 Å². The summed E-state index contributed by atoms with van der Waals surface area (Å²) in [5.74, 6) is 0. The third kappa shape index (κ3) is 5.10. The Balaban J connectivity index is 1.42. The topological polar surface area (TPSA) is 42.0 Å². The summed E-state index contributed by atoms with van der Waals surface area (Å²) < 4.78 is 11.5. The first-order chi connectivity index (χ1) is 16.9. The van der Waals surface area contributed by atoms with Crippen LogP contribution in [0.25, 0.3) is 5.57 Å². The van der Waals surface area contributed by atoms with Gasteiger partial charge in [-0.05, 0) is 74.7 Å². The number of benzene rings is 3. The van der Waals surface area contributed by atoms with Crippen LogP contribution in [0.15, 0.2) is 91.0 Å². The van der Waals surface area contributed by atoms with Gasteiger partial charge in [-0.3, -0.25) is 4.90 Å². The van der Waals surface area contributed by atoms with Gasteiger partial charge >= 0.3 is 6.09 Å². The molecule has 0 N–H and O–H groups in total. The molecular formula is C30H32N2O3. The van der Waals surface area contributed by atoms with Gasteiger partial charge in [0.05, 0.1) is 25.3 Å². The molecule has 0 spiro atoms. The number of rotatable bonds is 4. The molecule has 2 unspecified atom stereocenters. The van der Waals surface area contributed by atoms with Crippen LogP contribution in [-0.2, 0) is 9.47 Å². The van der Waals surface area contributed by atoms with Gasteiger partial charge in [-0.1, -0.05) is 54.6 Å². The molecule has 5 rings (SSSR count). The fourth-order valence-electron chi connectivity index (χ4n) is 4.84. The van der Waals surface area contributed by atoms with Crippen molar-refractivity contribution >= 4 is 28.7 Å². The molecule has 1 fully saturated rings. The van der Waals surface area contributed by atoms with Gasteiger partial charge in [0.25, 0.3) is 0 Å². The molecule has 3 aromatic rings. The molecule has 0 aliphatic carbocycles. The molecule has 2 bridgehead atoms. The lowest BCUT2D eigenvalue weighted by Crippen LogP contribution is -2.57. The minimum atomic E-state index is -0.518. The summed E-state index contributed by atoms with van der Waals surface area (Å²) in [6.45, 7) is 6.72. The lowest BCUT2D eigenvalue weighted by molar-refractivity contribution is -0.0510. The normalized spacial score (nSPS) is 19.6. The number of hydrogen-bond donors (Lipinski definition) is 0. The van der Waals surface area contributed by atoms with Crippen LogP contribution in [0, 0.1) is 0 Å². The number of fused-ring (bicyclic) bond motifs is 2. The predicted molar refractivity (Wildman–Crippen MR) is 140 cm³/mol. The second kappa shape index (κ2) is 9.59. The predicted octanol–water partition coefficient (Wildman–Crippen LogP) is 6.95. The summed E-state index contributed by atoms with van der Waals surface area (Å²) in [6.07, 6.45) is 2.65. The molecule has 0 aromatic heterocycles. The SMILES string of the molecule is CC(C)(C)OC(=O)N1C2C=C(c3ccc(N(c4ccccc4)c4ccccc4)cc3)CC1COC2. The Bertz CT molecular complexity index is 1140. The lowest BCUT2D eigenvalue weighted by Gasteiger charge is -2.44. The van der Waals surface area contributed by atoms with Gasteiger partial charge < -0.3 is 14.4 Å². The number of morpholine rings is 1. The monoisotopic (exact) mass is 468 g/mol. The molecule has 2 heterocycles. The summed E-state index contributed by atoms with van der Waals surface area (Å²) in [7, 11) is 0. The fraction of sp³-hybridized carbons (Fsp3) is 0.300. The number of nitrogens with zero attached hydrogens (tertiary/aromatic N) is 2. The number of ether oxygens (including phenoxy) is 2. The lowest BCUT2D eigenvalue weighted by atomic mass is 9.90. The minimum Gasteiger partial charge on any atom is -0.444 e. The summed E-state index contributed by atoms with van der Waals surface area (Å²) in [4.78, 5) is 17.0. The van der Waals surface area contributed by atoms with Crippen LogP contribution < -0.4 is 4.90 Å². The molecule has 2 aliphatic heterocycles. The zero-order valence-electron chi connectivity index (χ0n) is 20.6. The average Bonchev–Trinajstić information content (AvgIpc) is 2.84. The number of para-hydroxylation sites is 2. The smallest absolute Gasteiger partial charge is 0.411 e. The maximum absolute atomic E-state index is 12.9. The Kier molecular flexibility index (Phi) is 6.35. The van der Waals surface area contributed by atoms with E-state index in [2.05, 4.69) is 83.8 Å². The van der Waals surface area contributed by atoms with E-state index in [0.29, 0.717) is 13.2 Å². The second-order valence-electron chi connectivity index (χ2n) is 10.1. The molecule has 2 aliphatic rings. The number of anilines is 3. The van der Waals surface area contributed by atoms with Crippen molar-refractivity contribution in [2.75, 3.05) is 18.1 Å². The first-order valence-corrected chi connectivity index (χ1v) is 12.2. The highest BCUT2D eigenvalue weighted by molar-refractivity contribution is 5.79. The zero-order chi connectivity index (χ0) is 24.4. The van der Waals surface area contributed by atoms with E-state index in [4.69, 9.17) is 9.47 Å². The molecular weight excluding hydrogens is 436 g/mol. The van der Waals surface area contributed by atoms with E-state index < -0.39 is 5.60 Å². The number of carbonyl (C=O) groups excluding carboxylic acids is 1. The van der Waals surface area contributed by atoms with Gasteiger partial charge in [0.2, 0.25) is 0 Å². The van der Waals surface area contributed by atoms with Crippen molar-refractivity contribution in [1.82, 2.24) is 4.90 Å². The first kappa shape index (κ1) is 23.2. The second-order valence-corrected chi connectivity index (χ2v) is 10.1. The molecule has 1 saturated heterocycles. The molecule has 2 atom stereocenters. The molecule has 0 radical (unpaired) electrons. The van der Waals surface area contributed by atoms with Crippen LogP contribution in [0.1, 0.15) is 32.8 Å². The molecule has 0 saturated carbocycles. The van der Waals surface area contributed by atoms with Gasteiger partial charge in [-0.2, -0.15) is 0 Å². The largest absolute Gasteiger partial charge is 0.444 e. The van der Waals surface area contributed by atoms with Gasteiger partial charge in [-0.15, -0.1) is 0 Å². The van der Waals surface area contributed by atoms with Gasteiger partial charge in [0.15, 0.2) is 0 Å². The van der Waals surface area contributed by atoms with Crippen molar-refractivity contribution in [1.29, 1.82) is 0 Å². The highest BCUT2D eigenvalue weighted by Gasteiger charge is 2.40. The highest BCUT2D eigenvalue weighted by Crippen LogP contribution is 2.37. The Hall–Kier alpha value is -3.57. The van der Waals surface area contributed by atoms with E-state index in [1.54, 1.807) is 0 Å². The zero-order valence-corrected chi connectivity index (χ0v) is 20.6. The van der Waals surface area contributed by atoms with Crippen molar-refractivity contribution in [2.45, 2.75) is 44.9 Å². The van der Waals surface area contributed by atoms with Crippen molar-refractivity contribution in [3.8, 4) is 0 Å². The van der Waals surface area contributed by atoms with E-state index in [1.807, 2.05) is 37.8 Å². The van der Waals surface area contributed by atoms with Gasteiger partial charge in [0.1, 0.15) is 5.60 Å². The Morgan fingerprint density at radius 2 is 1.43 bits per heavy atom. The van der Waals surface area contributed by atoms with Crippen LogP contribution >= 0.6 is 0 Å². The first-order valence-electron chi connectivity index (χ1n) is 12.2. The average molecular weight is 469 g/mol. The molecule has 180 valence electrons. The van der Waals surface area contributed by atoms with Crippen molar-refractivity contribution in [3.63, 3.8) is 0 Å². The van der Waals surface area contributed by atoms with E-state index in [0.717, 1.165) is 23.5 Å². The number of carbonyl (C=O) groups is 1. The number of hydrogen-bond acceptors (Lipinski definition) is 4. The Morgan fingerprint density at radius 1 is 0.857 bits per heavy atom.